The normalized spacial score (nSPS) is 12.5. The van der Waals surface area contributed by atoms with Crippen LogP contribution in [0.25, 0.3) is 0 Å². The summed E-state index contributed by atoms with van der Waals surface area (Å²) in [6.45, 7) is 3.94. The van der Waals surface area contributed by atoms with Gasteiger partial charge in [0.1, 0.15) is 0 Å². The largest absolute Gasteiger partial charge is 0.403 e. The van der Waals surface area contributed by atoms with E-state index in [-0.39, 0.29) is 0 Å². The third-order valence-electron chi connectivity index (χ3n) is 0.840. The fourth-order valence-corrected chi connectivity index (χ4v) is 0.263. The molecule has 0 aromatic rings. The van der Waals surface area contributed by atoms with Gasteiger partial charge in [0.25, 0.3) is 0 Å². The van der Waals surface area contributed by atoms with Crippen LogP contribution in [0.1, 0.15) is 13.8 Å². The number of allylic oxidation sites excluding steroid dienone is 2. The number of hydrogen-bond acceptors (Lipinski definition) is 2. The smallest absolute Gasteiger partial charge is 0.0163 e. The van der Waals surface area contributed by atoms with E-state index in [2.05, 4.69) is 5.32 Å². The van der Waals surface area contributed by atoms with Gasteiger partial charge in [-0.05, 0) is 13.8 Å². The third kappa shape index (κ3) is 3.28. The molecule has 0 aliphatic carbocycles. The quantitative estimate of drug-likeness (QED) is 0.557. The molecule has 0 spiro atoms. The maximum atomic E-state index is 5.06. The highest BCUT2D eigenvalue weighted by Gasteiger charge is 1.73. The Bertz CT molecular complexity index is 103. The van der Waals surface area contributed by atoms with Gasteiger partial charge in [-0.3, -0.25) is 0 Å². The van der Waals surface area contributed by atoms with E-state index in [9.17, 15) is 0 Å². The first-order chi connectivity index (χ1) is 3.81. The third-order valence-corrected chi connectivity index (χ3v) is 0.840. The summed E-state index contributed by atoms with van der Waals surface area (Å²) >= 11 is 0. The summed E-state index contributed by atoms with van der Waals surface area (Å²) in [5.41, 5.74) is 6.16. The first-order valence-electron chi connectivity index (χ1n) is 2.57. The Labute approximate surface area is 50.1 Å². The summed E-state index contributed by atoms with van der Waals surface area (Å²) in [4.78, 5) is 0. The molecule has 0 atom stereocenters. The van der Waals surface area contributed by atoms with Gasteiger partial charge in [0.05, 0.1) is 0 Å². The molecule has 0 radical (unpaired) electrons. The topological polar surface area (TPSA) is 38.0 Å². The first kappa shape index (κ1) is 7.08. The molecule has 8 heavy (non-hydrogen) atoms. The van der Waals surface area contributed by atoms with E-state index in [0.717, 1.165) is 5.70 Å². The molecule has 0 aliphatic rings. The summed E-state index contributed by atoms with van der Waals surface area (Å²) in [5.74, 6) is 0. The van der Waals surface area contributed by atoms with Crippen LogP contribution in [0.5, 0.6) is 0 Å². The van der Waals surface area contributed by atoms with Gasteiger partial charge >= 0.3 is 0 Å². The minimum Gasteiger partial charge on any atom is -0.403 e. The van der Waals surface area contributed by atoms with E-state index in [1.54, 1.807) is 6.20 Å². The van der Waals surface area contributed by atoms with Crippen molar-refractivity contribution in [3.05, 3.63) is 24.2 Å². The predicted molar refractivity (Wildman–Crippen MR) is 35.9 cm³/mol. The molecule has 0 rings (SSSR count). The van der Waals surface area contributed by atoms with E-state index in [0.29, 0.717) is 0 Å². The van der Waals surface area contributed by atoms with Crippen LogP contribution in [-0.2, 0) is 0 Å². The van der Waals surface area contributed by atoms with Crippen molar-refractivity contribution >= 4 is 0 Å². The number of rotatable bonds is 2. The lowest BCUT2D eigenvalue weighted by Gasteiger charge is -1.94. The molecule has 0 heterocycles. The molecule has 0 saturated heterocycles. The van der Waals surface area contributed by atoms with E-state index in [1.807, 2.05) is 19.9 Å². The maximum Gasteiger partial charge on any atom is 0.0163 e. The Balaban J connectivity index is 3.40. The zero-order valence-electron chi connectivity index (χ0n) is 5.31. The van der Waals surface area contributed by atoms with Crippen molar-refractivity contribution in [2.24, 2.45) is 5.73 Å². The molecule has 3 N–H and O–H groups in total. The van der Waals surface area contributed by atoms with Crippen molar-refractivity contribution in [1.29, 1.82) is 0 Å². The lowest BCUT2D eigenvalue weighted by atomic mass is 10.5. The second-order valence-electron chi connectivity index (χ2n) is 1.48. The maximum absolute atomic E-state index is 5.06. The summed E-state index contributed by atoms with van der Waals surface area (Å²) in [6, 6.07) is 0. The standard InChI is InChI=1S/C6H12N2/c1-3-6(2)8-5-4-7/h3-5,8H,7H2,1-2H3/b5-4-,6-3-. The van der Waals surface area contributed by atoms with Gasteiger partial charge < -0.3 is 11.1 Å². The lowest BCUT2D eigenvalue weighted by Crippen LogP contribution is -2.00. The average Bonchev–Trinajstić information content (AvgIpc) is 1.83. The predicted octanol–water partition coefficient (Wildman–Crippen LogP) is 0.930. The molecule has 2 nitrogen and oxygen atoms in total. The van der Waals surface area contributed by atoms with Crippen LogP contribution in [0.2, 0.25) is 0 Å². The molecule has 0 aromatic carbocycles. The van der Waals surface area contributed by atoms with E-state index in [1.165, 1.54) is 6.20 Å². The van der Waals surface area contributed by atoms with Gasteiger partial charge in [0.15, 0.2) is 0 Å². The number of nitrogens with two attached hydrogens (primary N) is 1. The Morgan fingerprint density at radius 3 is 2.62 bits per heavy atom. The molecule has 0 aliphatic heterocycles. The first-order valence-corrected chi connectivity index (χ1v) is 2.57. The number of hydrogen-bond donors (Lipinski definition) is 2. The second kappa shape index (κ2) is 4.24. The Hall–Kier alpha value is -0.920. The van der Waals surface area contributed by atoms with Gasteiger partial charge in [-0.2, -0.15) is 0 Å². The molecule has 0 aromatic heterocycles. The summed E-state index contributed by atoms with van der Waals surface area (Å²) in [5, 5.41) is 2.94. The highest BCUT2D eigenvalue weighted by Crippen LogP contribution is 1.81. The van der Waals surface area contributed by atoms with Crippen LogP contribution in [0.15, 0.2) is 24.2 Å². The van der Waals surface area contributed by atoms with Gasteiger partial charge in [0.2, 0.25) is 0 Å². The molecule has 0 amide bonds. The van der Waals surface area contributed by atoms with Gasteiger partial charge in [-0.25, -0.2) is 0 Å². The highest BCUT2D eigenvalue weighted by molar-refractivity contribution is 4.97. The second-order valence-corrected chi connectivity index (χ2v) is 1.48. The van der Waals surface area contributed by atoms with Crippen LogP contribution in [-0.4, -0.2) is 0 Å². The Morgan fingerprint density at radius 1 is 1.62 bits per heavy atom. The molecule has 0 unspecified atom stereocenters. The fraction of sp³-hybridized carbons (Fsp3) is 0.333. The zero-order valence-corrected chi connectivity index (χ0v) is 5.31. The molecular weight excluding hydrogens is 100 g/mol. The molecule has 0 fully saturated rings. The Kier molecular flexibility index (Phi) is 3.76. The zero-order chi connectivity index (χ0) is 6.41. The minimum absolute atomic E-state index is 1.10. The average molecular weight is 112 g/mol. The minimum atomic E-state index is 1.10. The van der Waals surface area contributed by atoms with Gasteiger partial charge in [0, 0.05) is 18.1 Å². The van der Waals surface area contributed by atoms with Crippen LogP contribution >= 0.6 is 0 Å². The summed E-state index contributed by atoms with van der Waals surface area (Å²) in [6.07, 6.45) is 5.13. The molecular formula is C6H12N2. The SMILES string of the molecule is C/C=C(/C)N/C=C\N. The molecule has 2 heteroatoms. The van der Waals surface area contributed by atoms with E-state index >= 15 is 0 Å². The summed E-state index contributed by atoms with van der Waals surface area (Å²) in [7, 11) is 0. The summed E-state index contributed by atoms with van der Waals surface area (Å²) < 4.78 is 0. The van der Waals surface area contributed by atoms with E-state index in [4.69, 9.17) is 5.73 Å². The van der Waals surface area contributed by atoms with Crippen LogP contribution in [0.4, 0.5) is 0 Å². The van der Waals surface area contributed by atoms with Crippen molar-refractivity contribution < 1.29 is 0 Å². The fourth-order valence-electron chi connectivity index (χ4n) is 0.263. The van der Waals surface area contributed by atoms with Gasteiger partial charge in [-0.1, -0.05) is 6.08 Å². The Morgan fingerprint density at radius 2 is 2.25 bits per heavy atom. The van der Waals surface area contributed by atoms with Crippen molar-refractivity contribution in [1.82, 2.24) is 5.32 Å². The van der Waals surface area contributed by atoms with Gasteiger partial charge in [-0.15, -0.1) is 0 Å². The van der Waals surface area contributed by atoms with Crippen molar-refractivity contribution in [3.63, 3.8) is 0 Å². The molecule has 0 bridgehead atoms. The van der Waals surface area contributed by atoms with Crippen LogP contribution < -0.4 is 11.1 Å². The van der Waals surface area contributed by atoms with Crippen LogP contribution in [0, 0.1) is 0 Å². The highest BCUT2D eigenvalue weighted by atomic mass is 14.8. The molecule has 0 saturated carbocycles. The van der Waals surface area contributed by atoms with Crippen LogP contribution in [0.3, 0.4) is 0 Å². The lowest BCUT2D eigenvalue weighted by molar-refractivity contribution is 1.05. The van der Waals surface area contributed by atoms with Crippen molar-refractivity contribution in [2.45, 2.75) is 13.8 Å². The van der Waals surface area contributed by atoms with Crippen molar-refractivity contribution in [3.8, 4) is 0 Å². The monoisotopic (exact) mass is 112 g/mol. The van der Waals surface area contributed by atoms with E-state index < -0.39 is 0 Å². The van der Waals surface area contributed by atoms with Crippen molar-refractivity contribution in [2.75, 3.05) is 0 Å². The number of nitrogens with one attached hydrogen (secondary N) is 1. The molecule has 46 valence electrons.